The maximum Gasteiger partial charge on any atom is 0.416 e. The molecule has 10 heteroatoms. The molecule has 2 N–H and O–H groups in total. The van der Waals surface area contributed by atoms with Crippen molar-refractivity contribution in [1.29, 1.82) is 0 Å². The molecular formula is C20H17F3N6O+. The average molecular weight is 414 g/mol. The van der Waals surface area contributed by atoms with Crippen LogP contribution in [-0.4, -0.2) is 38.7 Å². The van der Waals surface area contributed by atoms with Gasteiger partial charge in [-0.3, -0.25) is 5.21 Å². The van der Waals surface area contributed by atoms with Crippen LogP contribution in [0.1, 0.15) is 29.7 Å². The molecule has 1 aromatic carbocycles. The zero-order chi connectivity index (χ0) is 20.9. The molecule has 2 aliphatic heterocycles. The smallest absolute Gasteiger partial charge is 0.351 e. The molecule has 3 aliphatic rings. The fourth-order valence-corrected chi connectivity index (χ4v) is 3.35. The van der Waals surface area contributed by atoms with E-state index in [1.165, 1.54) is 12.3 Å². The summed E-state index contributed by atoms with van der Waals surface area (Å²) in [6, 6.07) is 7.08. The van der Waals surface area contributed by atoms with E-state index < -0.39 is 11.7 Å². The number of hydrogen-bond acceptors (Lipinski definition) is 7. The Morgan fingerprint density at radius 1 is 1.20 bits per heavy atom. The second-order valence-corrected chi connectivity index (χ2v) is 7.25. The molecule has 153 valence electrons. The standard InChI is InChI=1S/C20H17F3N6O/c21-20(22,23)13-3-1-2-12(10-13)17-18(29-9-8-28(30)11-16(29)27-17)15-6-7-24-19(26-15)25-14-4-5-14/h1-3,6-10,14,30H,4-5,11H2,(H,24,25,26)/q+1. The summed E-state index contributed by atoms with van der Waals surface area (Å²) in [6.45, 7) is 0.0979. The number of rotatable bonds is 4. The summed E-state index contributed by atoms with van der Waals surface area (Å²) in [6.07, 6.45) is 2.31. The van der Waals surface area contributed by atoms with E-state index in [0.29, 0.717) is 40.5 Å². The Morgan fingerprint density at radius 2 is 2.03 bits per heavy atom. The van der Waals surface area contributed by atoms with E-state index in [2.05, 4.69) is 20.3 Å². The summed E-state index contributed by atoms with van der Waals surface area (Å²) in [5.41, 5.74) is 0.974. The van der Waals surface area contributed by atoms with Crippen LogP contribution in [0.5, 0.6) is 0 Å². The first kappa shape index (κ1) is 18.8. The number of aromatic nitrogens is 2. The van der Waals surface area contributed by atoms with Crippen LogP contribution in [0, 0.1) is 0 Å². The van der Waals surface area contributed by atoms with E-state index >= 15 is 0 Å². The summed E-state index contributed by atoms with van der Waals surface area (Å²) < 4.78 is 39.8. The molecule has 1 aliphatic carbocycles. The predicted molar refractivity (Wildman–Crippen MR) is 104 cm³/mol. The number of halogens is 3. The largest absolute Gasteiger partial charge is 0.416 e. The highest BCUT2D eigenvalue weighted by Crippen LogP contribution is 2.38. The molecule has 0 amide bonds. The number of hydrogen-bond donors (Lipinski definition) is 2. The van der Waals surface area contributed by atoms with Crippen LogP contribution in [0.2, 0.25) is 0 Å². The molecule has 0 atom stereocenters. The van der Waals surface area contributed by atoms with E-state index in [1.807, 2.05) is 0 Å². The van der Waals surface area contributed by atoms with Gasteiger partial charge in [0.1, 0.15) is 17.9 Å². The maximum atomic E-state index is 13.3. The molecule has 0 unspecified atom stereocenters. The minimum absolute atomic E-state index is 0.0979. The third kappa shape index (κ3) is 3.55. The number of nitrogens with zero attached hydrogens (tertiary/aromatic N) is 5. The summed E-state index contributed by atoms with van der Waals surface area (Å²) in [5, 5.41) is 14.0. The van der Waals surface area contributed by atoms with Gasteiger partial charge in [0, 0.05) is 17.8 Å². The predicted octanol–water partition coefficient (Wildman–Crippen LogP) is 3.62. The minimum Gasteiger partial charge on any atom is -0.351 e. The minimum atomic E-state index is -4.46. The van der Waals surface area contributed by atoms with Crippen molar-refractivity contribution in [1.82, 2.24) is 19.9 Å². The molecule has 1 saturated carbocycles. The van der Waals surface area contributed by atoms with Gasteiger partial charge in [-0.2, -0.15) is 18.2 Å². The zero-order valence-electron chi connectivity index (χ0n) is 15.6. The maximum absolute atomic E-state index is 13.3. The fourth-order valence-electron chi connectivity index (χ4n) is 3.35. The van der Waals surface area contributed by atoms with Crippen molar-refractivity contribution in [3.8, 4) is 0 Å². The molecule has 0 saturated heterocycles. The van der Waals surface area contributed by atoms with Crippen LogP contribution in [0.15, 0.2) is 53.9 Å². The third-order valence-electron chi connectivity index (χ3n) is 4.95. The normalized spacial score (nSPS) is 19.2. The van der Waals surface area contributed by atoms with Crippen molar-refractivity contribution in [2.24, 2.45) is 4.99 Å². The molecule has 1 radical (unpaired) electrons. The van der Waals surface area contributed by atoms with E-state index in [1.54, 1.807) is 29.4 Å². The first-order chi connectivity index (χ1) is 14.4. The number of fused-ring (bicyclic) bond motifs is 1. The van der Waals surface area contributed by atoms with Gasteiger partial charge in [-0.25, -0.2) is 15.0 Å². The Morgan fingerprint density at radius 3 is 2.80 bits per heavy atom. The van der Waals surface area contributed by atoms with Gasteiger partial charge in [-0.15, -0.1) is 0 Å². The van der Waals surface area contributed by atoms with Crippen LogP contribution in [0.4, 0.5) is 19.1 Å². The number of hydroxylamine groups is 2. The molecule has 3 heterocycles. The van der Waals surface area contributed by atoms with E-state index in [4.69, 9.17) is 0 Å². The van der Waals surface area contributed by atoms with Gasteiger partial charge in [0.15, 0.2) is 6.20 Å². The number of benzene rings is 1. The van der Waals surface area contributed by atoms with Crippen LogP contribution < -0.4 is 10.2 Å². The van der Waals surface area contributed by atoms with Gasteiger partial charge < -0.3 is 5.32 Å². The summed E-state index contributed by atoms with van der Waals surface area (Å²) in [7, 11) is 0. The van der Waals surface area contributed by atoms with E-state index in [0.717, 1.165) is 30.0 Å². The molecule has 2 aromatic rings. The lowest BCUT2D eigenvalue weighted by atomic mass is 10.1. The average Bonchev–Trinajstić information content (AvgIpc) is 3.44. The van der Waals surface area contributed by atoms with Crippen LogP contribution in [-0.2, 0) is 6.18 Å². The molecule has 7 nitrogen and oxygen atoms in total. The van der Waals surface area contributed by atoms with Crippen molar-refractivity contribution in [2.45, 2.75) is 25.1 Å². The lowest BCUT2D eigenvalue weighted by Gasteiger charge is -2.16. The molecule has 5 rings (SSSR count). The van der Waals surface area contributed by atoms with Crippen LogP contribution in [0.3, 0.4) is 0 Å². The molecule has 1 aromatic heterocycles. The van der Waals surface area contributed by atoms with Gasteiger partial charge >= 0.3 is 6.18 Å². The Bertz CT molecular complexity index is 1090. The second-order valence-electron chi connectivity index (χ2n) is 7.25. The molecule has 0 spiro atoms. The SMILES string of the molecule is ON1C=C[N+]2C(=NC(c3cccc(C(F)(F)F)c3)=C2c2ccnc(NC3CC3)n2)C1. The Hall–Kier alpha value is -3.24. The number of anilines is 1. The van der Waals surface area contributed by atoms with Crippen molar-refractivity contribution in [2.75, 3.05) is 11.9 Å². The second kappa shape index (κ2) is 6.92. The van der Waals surface area contributed by atoms with Gasteiger partial charge in [-0.1, -0.05) is 12.1 Å². The highest BCUT2D eigenvalue weighted by atomic mass is 19.4. The lowest BCUT2D eigenvalue weighted by Crippen LogP contribution is -2.39. The summed E-state index contributed by atoms with van der Waals surface area (Å²) in [5.74, 6) is 0.946. The fraction of sp³-hybridized carbons (Fsp3) is 0.250. The zero-order valence-corrected chi connectivity index (χ0v) is 15.6. The number of aliphatic imine (C=N–C) groups is 1. The van der Waals surface area contributed by atoms with Gasteiger partial charge in [0.2, 0.25) is 11.6 Å². The first-order valence-electron chi connectivity index (χ1n) is 9.41. The molecular weight excluding hydrogens is 397 g/mol. The summed E-state index contributed by atoms with van der Waals surface area (Å²) in [4.78, 5) is 15.1. The van der Waals surface area contributed by atoms with Gasteiger partial charge in [0.25, 0.3) is 5.84 Å². The number of nitrogens with one attached hydrogen (secondary N) is 1. The number of alkyl halides is 3. The first-order valence-corrected chi connectivity index (χ1v) is 9.41. The Balaban J connectivity index is 1.63. The van der Waals surface area contributed by atoms with E-state index in [-0.39, 0.29) is 6.54 Å². The molecule has 1 fully saturated rings. The van der Waals surface area contributed by atoms with E-state index in [9.17, 15) is 18.4 Å². The quantitative estimate of drug-likeness (QED) is 0.747. The highest BCUT2D eigenvalue weighted by molar-refractivity contribution is 6.11. The third-order valence-corrected chi connectivity index (χ3v) is 4.95. The van der Waals surface area contributed by atoms with Crippen molar-refractivity contribution in [3.05, 3.63) is 65.7 Å². The summed E-state index contributed by atoms with van der Waals surface area (Å²) >= 11 is 0. The topological polar surface area (TPSA) is 79.5 Å². The Labute approximate surface area is 169 Å². The van der Waals surface area contributed by atoms with Crippen LogP contribution >= 0.6 is 0 Å². The number of amidine groups is 1. The Kier molecular flexibility index (Phi) is 4.33. The van der Waals surface area contributed by atoms with Gasteiger partial charge in [-0.05, 0) is 35.9 Å². The van der Waals surface area contributed by atoms with Crippen LogP contribution in [0.25, 0.3) is 11.4 Å². The highest BCUT2D eigenvalue weighted by Gasteiger charge is 2.43. The lowest BCUT2D eigenvalue weighted by molar-refractivity contribution is -0.137. The molecule has 0 bridgehead atoms. The van der Waals surface area contributed by atoms with Gasteiger partial charge in [0.05, 0.1) is 11.8 Å². The monoisotopic (exact) mass is 414 g/mol. The van der Waals surface area contributed by atoms with Crippen molar-refractivity contribution >= 4 is 23.2 Å². The van der Waals surface area contributed by atoms with Crippen molar-refractivity contribution in [3.63, 3.8) is 0 Å². The molecule has 30 heavy (non-hydrogen) atoms. The van der Waals surface area contributed by atoms with Crippen molar-refractivity contribution < 1.29 is 18.4 Å².